The maximum atomic E-state index is 13.0. The Labute approximate surface area is 173 Å². The summed E-state index contributed by atoms with van der Waals surface area (Å²) in [6.07, 6.45) is -2.68. The van der Waals surface area contributed by atoms with Crippen LogP contribution in [-0.2, 0) is 0 Å². The normalized spacial score (nSPS) is 17.5. The summed E-state index contributed by atoms with van der Waals surface area (Å²) in [7, 11) is 0. The van der Waals surface area contributed by atoms with E-state index in [1.54, 1.807) is 11.4 Å². The standard InChI is InChI=1S/C17H15ClF3N7O2/c18-12-5-13(24-8-23-12)26-16(30)28-9-3-4-27(6-9)11-2-1-10(25-14(11)28)15(29)22-7-17(19,20)21/h1-2,5,8-9H,3-4,6-7H2,(H,22,29)(H,23,24,26,30)/t9-/m0/s1. The van der Waals surface area contributed by atoms with Crippen LogP contribution < -0.4 is 20.4 Å². The molecule has 2 aliphatic heterocycles. The third kappa shape index (κ3) is 4.08. The van der Waals surface area contributed by atoms with E-state index in [1.165, 1.54) is 23.4 Å². The maximum Gasteiger partial charge on any atom is 0.405 e. The molecular weight excluding hydrogens is 427 g/mol. The molecule has 2 aliphatic rings. The first-order valence-corrected chi connectivity index (χ1v) is 9.28. The van der Waals surface area contributed by atoms with Gasteiger partial charge in [0.25, 0.3) is 5.91 Å². The average molecular weight is 442 g/mol. The Morgan fingerprint density at radius 3 is 2.80 bits per heavy atom. The molecule has 4 heterocycles. The van der Waals surface area contributed by atoms with Gasteiger partial charge in [-0.1, -0.05) is 11.6 Å². The van der Waals surface area contributed by atoms with Gasteiger partial charge in [0.05, 0.1) is 11.7 Å². The quantitative estimate of drug-likeness (QED) is 0.709. The zero-order valence-electron chi connectivity index (χ0n) is 15.3. The number of fused-ring (bicyclic) bond motifs is 4. The number of carbonyl (C=O) groups excluding carboxylic acids is 2. The molecule has 0 unspecified atom stereocenters. The van der Waals surface area contributed by atoms with Gasteiger partial charge in [-0.3, -0.25) is 15.0 Å². The summed E-state index contributed by atoms with van der Waals surface area (Å²) in [6.45, 7) is -0.216. The van der Waals surface area contributed by atoms with E-state index in [4.69, 9.17) is 11.6 Å². The summed E-state index contributed by atoms with van der Waals surface area (Å²) in [6, 6.07) is 3.53. The fourth-order valence-corrected chi connectivity index (χ4v) is 3.59. The van der Waals surface area contributed by atoms with E-state index in [-0.39, 0.29) is 28.5 Å². The van der Waals surface area contributed by atoms with Crippen LogP contribution in [0.2, 0.25) is 5.15 Å². The topological polar surface area (TPSA) is 103 Å². The molecule has 1 atom stereocenters. The van der Waals surface area contributed by atoms with E-state index in [1.807, 2.05) is 4.90 Å². The Hall–Kier alpha value is -3.15. The number of nitrogens with one attached hydrogen (secondary N) is 2. The van der Waals surface area contributed by atoms with Crippen LogP contribution in [0.3, 0.4) is 0 Å². The van der Waals surface area contributed by atoms with E-state index in [2.05, 4.69) is 20.3 Å². The van der Waals surface area contributed by atoms with Crippen LogP contribution in [0.25, 0.3) is 0 Å². The van der Waals surface area contributed by atoms with Gasteiger partial charge in [0.15, 0.2) is 5.82 Å². The molecule has 1 saturated heterocycles. The number of rotatable bonds is 3. The third-order valence-corrected chi connectivity index (χ3v) is 4.93. The minimum absolute atomic E-state index is 0.146. The lowest BCUT2D eigenvalue weighted by Gasteiger charge is -2.35. The Bertz CT molecular complexity index is 1000. The SMILES string of the molecule is O=C(NCC(F)(F)F)c1ccc2c(n1)N(C(=O)Nc1cc(Cl)ncn1)[C@H]1CCN2C1. The van der Waals surface area contributed by atoms with Crippen molar-refractivity contribution in [2.24, 2.45) is 0 Å². The fraction of sp³-hybridized carbons (Fsp3) is 0.353. The third-order valence-electron chi connectivity index (χ3n) is 4.72. The fourth-order valence-electron chi connectivity index (χ4n) is 3.44. The number of alkyl halides is 3. The Morgan fingerprint density at radius 2 is 2.07 bits per heavy atom. The van der Waals surface area contributed by atoms with Gasteiger partial charge in [0.1, 0.15) is 29.5 Å². The summed E-state index contributed by atoms with van der Waals surface area (Å²) < 4.78 is 37.2. The highest BCUT2D eigenvalue weighted by Crippen LogP contribution is 2.39. The van der Waals surface area contributed by atoms with Gasteiger partial charge in [0, 0.05) is 19.2 Å². The van der Waals surface area contributed by atoms with Crippen molar-refractivity contribution < 1.29 is 22.8 Å². The number of urea groups is 1. The number of carbonyl (C=O) groups is 2. The second-order valence-electron chi connectivity index (χ2n) is 6.75. The summed E-state index contributed by atoms with van der Waals surface area (Å²) in [5.74, 6) is -0.604. The lowest BCUT2D eigenvalue weighted by molar-refractivity contribution is -0.123. The summed E-state index contributed by atoms with van der Waals surface area (Å²) in [4.78, 5) is 40.4. The minimum Gasteiger partial charge on any atom is -0.366 e. The molecule has 0 aromatic carbocycles. The molecule has 0 spiro atoms. The first-order valence-electron chi connectivity index (χ1n) is 8.90. The maximum absolute atomic E-state index is 13.0. The highest BCUT2D eigenvalue weighted by atomic mass is 35.5. The molecule has 0 radical (unpaired) electrons. The van der Waals surface area contributed by atoms with Crippen molar-refractivity contribution in [1.82, 2.24) is 20.3 Å². The zero-order chi connectivity index (χ0) is 21.5. The molecule has 1 fully saturated rings. The molecule has 4 rings (SSSR count). The monoisotopic (exact) mass is 441 g/mol. The van der Waals surface area contributed by atoms with E-state index in [0.29, 0.717) is 25.2 Å². The second-order valence-corrected chi connectivity index (χ2v) is 7.14. The number of halogens is 4. The first kappa shape index (κ1) is 20.1. The van der Waals surface area contributed by atoms with Crippen LogP contribution >= 0.6 is 11.6 Å². The molecule has 9 nitrogen and oxygen atoms in total. The largest absolute Gasteiger partial charge is 0.405 e. The highest BCUT2D eigenvalue weighted by molar-refractivity contribution is 6.29. The second kappa shape index (κ2) is 7.59. The van der Waals surface area contributed by atoms with Crippen LogP contribution in [0.5, 0.6) is 0 Å². The molecule has 2 aromatic heterocycles. The number of anilines is 3. The molecule has 0 aliphatic carbocycles. The molecule has 3 amide bonds. The van der Waals surface area contributed by atoms with Gasteiger partial charge in [0.2, 0.25) is 0 Å². The van der Waals surface area contributed by atoms with Gasteiger partial charge in [-0.25, -0.2) is 19.7 Å². The molecule has 13 heteroatoms. The predicted octanol–water partition coefficient (Wildman–Crippen LogP) is 2.45. The highest BCUT2D eigenvalue weighted by Gasteiger charge is 2.40. The van der Waals surface area contributed by atoms with Gasteiger partial charge in [-0.05, 0) is 18.6 Å². The molecule has 2 N–H and O–H groups in total. The molecule has 2 aromatic rings. The lowest BCUT2D eigenvalue weighted by Crippen LogP contribution is -2.48. The minimum atomic E-state index is -4.54. The lowest BCUT2D eigenvalue weighted by atomic mass is 10.1. The number of hydrogen-bond acceptors (Lipinski definition) is 6. The van der Waals surface area contributed by atoms with Gasteiger partial charge >= 0.3 is 12.2 Å². The van der Waals surface area contributed by atoms with E-state index in [0.717, 1.165) is 0 Å². The number of hydrogen-bond donors (Lipinski definition) is 2. The Balaban J connectivity index is 1.62. The van der Waals surface area contributed by atoms with Gasteiger partial charge < -0.3 is 10.2 Å². The van der Waals surface area contributed by atoms with Crippen molar-refractivity contribution >= 4 is 40.9 Å². The first-order chi connectivity index (χ1) is 14.2. The Morgan fingerprint density at radius 1 is 1.27 bits per heavy atom. The molecule has 158 valence electrons. The zero-order valence-corrected chi connectivity index (χ0v) is 16.0. The van der Waals surface area contributed by atoms with E-state index >= 15 is 0 Å². The molecule has 2 bridgehead atoms. The average Bonchev–Trinajstić information content (AvgIpc) is 3.09. The summed E-state index contributed by atoms with van der Waals surface area (Å²) >= 11 is 5.82. The van der Waals surface area contributed by atoms with E-state index < -0.39 is 24.7 Å². The number of nitrogens with zero attached hydrogens (tertiary/aromatic N) is 5. The number of pyridine rings is 1. The Kier molecular flexibility index (Phi) is 5.10. The molecular formula is C17H15ClF3N7O2. The van der Waals surface area contributed by atoms with Crippen LogP contribution in [0.1, 0.15) is 16.9 Å². The van der Waals surface area contributed by atoms with Crippen molar-refractivity contribution in [3.63, 3.8) is 0 Å². The molecule has 0 saturated carbocycles. The van der Waals surface area contributed by atoms with Crippen molar-refractivity contribution in [1.29, 1.82) is 0 Å². The van der Waals surface area contributed by atoms with E-state index in [9.17, 15) is 22.8 Å². The van der Waals surface area contributed by atoms with Crippen molar-refractivity contribution in [2.75, 3.05) is 34.8 Å². The van der Waals surface area contributed by atoms with Crippen molar-refractivity contribution in [2.45, 2.75) is 18.6 Å². The summed E-state index contributed by atoms with van der Waals surface area (Å²) in [5, 5.41) is 4.54. The predicted molar refractivity (Wildman–Crippen MR) is 102 cm³/mol. The van der Waals surface area contributed by atoms with Gasteiger partial charge in [-0.15, -0.1) is 0 Å². The summed E-state index contributed by atoms with van der Waals surface area (Å²) in [5.41, 5.74) is 0.398. The number of aromatic nitrogens is 3. The van der Waals surface area contributed by atoms with Crippen LogP contribution in [-0.4, -0.2) is 58.7 Å². The van der Waals surface area contributed by atoms with Crippen molar-refractivity contribution in [3.05, 3.63) is 35.4 Å². The van der Waals surface area contributed by atoms with Gasteiger partial charge in [-0.2, -0.15) is 13.2 Å². The van der Waals surface area contributed by atoms with Crippen LogP contribution in [0, 0.1) is 0 Å². The van der Waals surface area contributed by atoms with Crippen LogP contribution in [0.4, 0.5) is 35.3 Å². The number of amides is 3. The molecule has 30 heavy (non-hydrogen) atoms. The smallest absolute Gasteiger partial charge is 0.366 e. The van der Waals surface area contributed by atoms with Crippen LogP contribution in [0.15, 0.2) is 24.5 Å². The van der Waals surface area contributed by atoms with Crippen molar-refractivity contribution in [3.8, 4) is 0 Å².